The van der Waals surface area contributed by atoms with Crippen LogP contribution in [0.25, 0.3) is 0 Å². The van der Waals surface area contributed by atoms with Crippen molar-refractivity contribution in [1.29, 1.82) is 0 Å². The molecule has 0 saturated heterocycles. The van der Waals surface area contributed by atoms with E-state index in [1.54, 1.807) is 7.11 Å². The summed E-state index contributed by atoms with van der Waals surface area (Å²) in [6.07, 6.45) is -0.588. The molecule has 0 spiro atoms. The summed E-state index contributed by atoms with van der Waals surface area (Å²) in [7, 11) is 3.59. The van der Waals surface area contributed by atoms with Gasteiger partial charge in [0.15, 0.2) is 11.5 Å². The van der Waals surface area contributed by atoms with Gasteiger partial charge in [0.2, 0.25) is 0 Å². The minimum atomic E-state index is -0.588. The molecule has 0 bridgehead atoms. The fraction of sp³-hybridized carbons (Fsp3) is 0.500. The molecule has 0 fully saturated rings. The summed E-state index contributed by atoms with van der Waals surface area (Å²) in [5.41, 5.74) is 2.26. The molecule has 2 aromatic carbocycles. The summed E-state index contributed by atoms with van der Waals surface area (Å²) in [6, 6.07) is 16.4. The molecule has 0 radical (unpaired) electrons. The maximum absolute atomic E-state index is 10.3. The quantitative estimate of drug-likeness (QED) is 0.524. The van der Waals surface area contributed by atoms with Gasteiger partial charge in [-0.25, -0.2) is 0 Å². The molecule has 6 heteroatoms. The number of ether oxygens (including phenoxy) is 2. The van der Waals surface area contributed by atoms with Gasteiger partial charge in [-0.2, -0.15) is 0 Å². The average molecular weight is 417 g/mol. The van der Waals surface area contributed by atoms with Gasteiger partial charge in [-0.1, -0.05) is 36.4 Å². The molecule has 30 heavy (non-hydrogen) atoms. The van der Waals surface area contributed by atoms with Crippen LogP contribution in [0.5, 0.6) is 11.5 Å². The van der Waals surface area contributed by atoms with Gasteiger partial charge in [0, 0.05) is 32.2 Å². The molecule has 2 aromatic rings. The maximum atomic E-state index is 10.3. The molecule has 0 aliphatic rings. The minimum absolute atomic E-state index is 0.0991. The van der Waals surface area contributed by atoms with E-state index in [0.29, 0.717) is 37.2 Å². The van der Waals surface area contributed by atoms with Gasteiger partial charge >= 0.3 is 0 Å². The zero-order chi connectivity index (χ0) is 21.9. The Bertz CT molecular complexity index is 739. The highest BCUT2D eigenvalue weighted by Gasteiger charge is 2.14. The Labute approximate surface area is 180 Å². The summed E-state index contributed by atoms with van der Waals surface area (Å²) < 4.78 is 11.3. The van der Waals surface area contributed by atoms with Crippen molar-refractivity contribution in [1.82, 2.24) is 9.80 Å². The molecule has 166 valence electrons. The van der Waals surface area contributed by atoms with Gasteiger partial charge in [-0.3, -0.25) is 4.90 Å². The van der Waals surface area contributed by atoms with Gasteiger partial charge in [0.25, 0.3) is 0 Å². The topological polar surface area (TPSA) is 65.4 Å². The maximum Gasteiger partial charge on any atom is 0.161 e. The molecule has 0 aliphatic carbocycles. The highest BCUT2D eigenvalue weighted by Crippen LogP contribution is 2.29. The zero-order valence-corrected chi connectivity index (χ0v) is 18.6. The molecule has 0 aromatic heterocycles. The Morgan fingerprint density at radius 1 is 0.967 bits per heavy atom. The molecule has 1 unspecified atom stereocenters. The van der Waals surface area contributed by atoms with Gasteiger partial charge in [-0.15, -0.1) is 0 Å². The molecule has 0 aliphatic heterocycles. The number of aliphatic hydroxyl groups is 2. The second-order valence-corrected chi connectivity index (χ2v) is 7.90. The third kappa shape index (κ3) is 7.95. The number of hydrogen-bond donors (Lipinski definition) is 2. The Hall–Kier alpha value is -2.12. The summed E-state index contributed by atoms with van der Waals surface area (Å²) >= 11 is 0. The highest BCUT2D eigenvalue weighted by atomic mass is 16.5. The van der Waals surface area contributed by atoms with Crippen molar-refractivity contribution in [3.05, 3.63) is 59.7 Å². The molecular formula is C24H36N2O4. The van der Waals surface area contributed by atoms with Crippen molar-refractivity contribution < 1.29 is 19.7 Å². The second kappa shape index (κ2) is 12.5. The van der Waals surface area contributed by atoms with Crippen molar-refractivity contribution in [3.8, 4) is 11.5 Å². The third-order valence-electron chi connectivity index (χ3n) is 5.11. The number of hydrogen-bond acceptors (Lipinski definition) is 6. The number of aliphatic hydroxyl groups excluding tert-OH is 2. The summed E-state index contributed by atoms with van der Waals surface area (Å²) in [6.45, 7) is 7.03. The van der Waals surface area contributed by atoms with Crippen LogP contribution < -0.4 is 9.47 Å². The normalized spacial score (nSPS) is 12.6. The van der Waals surface area contributed by atoms with E-state index in [-0.39, 0.29) is 13.2 Å². The first kappa shape index (κ1) is 24.2. The van der Waals surface area contributed by atoms with E-state index in [1.165, 1.54) is 5.56 Å². The van der Waals surface area contributed by atoms with Crippen LogP contribution in [-0.2, 0) is 13.1 Å². The molecular weight excluding hydrogens is 380 g/mol. The molecule has 0 amide bonds. The predicted octanol–water partition coefficient (Wildman–Crippen LogP) is 2.77. The number of rotatable bonds is 13. The molecule has 6 nitrogen and oxygen atoms in total. The van der Waals surface area contributed by atoms with E-state index in [2.05, 4.69) is 35.8 Å². The predicted molar refractivity (Wildman–Crippen MR) is 120 cm³/mol. The van der Waals surface area contributed by atoms with Crippen LogP contribution in [0.4, 0.5) is 0 Å². The van der Waals surface area contributed by atoms with Crippen LogP contribution in [0, 0.1) is 0 Å². The van der Waals surface area contributed by atoms with E-state index < -0.39 is 6.10 Å². The standard InChI is InChI=1S/C24H36N2O4/c1-19(2)25(3)17-22(28)18-30-24-14-21(10-11-23(24)29-4)16-26(12-13-27)15-20-8-6-5-7-9-20/h5-11,14,19,22,27-28H,12-13,15-18H2,1-4H3. The summed E-state index contributed by atoms with van der Waals surface area (Å²) in [5, 5.41) is 19.8. The summed E-state index contributed by atoms with van der Waals surface area (Å²) in [4.78, 5) is 4.27. The van der Waals surface area contributed by atoms with Crippen molar-refractivity contribution in [2.45, 2.75) is 39.1 Å². The van der Waals surface area contributed by atoms with Crippen molar-refractivity contribution >= 4 is 0 Å². The van der Waals surface area contributed by atoms with E-state index >= 15 is 0 Å². The van der Waals surface area contributed by atoms with Gasteiger partial charge in [0.1, 0.15) is 12.7 Å². The van der Waals surface area contributed by atoms with Crippen LogP contribution in [-0.4, -0.2) is 72.6 Å². The summed E-state index contributed by atoms with van der Waals surface area (Å²) in [5.74, 6) is 1.25. The van der Waals surface area contributed by atoms with Crippen LogP contribution >= 0.6 is 0 Å². The van der Waals surface area contributed by atoms with Gasteiger partial charge < -0.3 is 24.6 Å². The number of benzene rings is 2. The smallest absolute Gasteiger partial charge is 0.161 e. The Morgan fingerprint density at radius 3 is 2.30 bits per heavy atom. The first-order valence-electron chi connectivity index (χ1n) is 10.5. The Morgan fingerprint density at radius 2 is 1.67 bits per heavy atom. The van der Waals surface area contributed by atoms with Gasteiger partial charge in [-0.05, 0) is 44.2 Å². The van der Waals surface area contributed by atoms with Crippen LogP contribution in [0.15, 0.2) is 48.5 Å². The van der Waals surface area contributed by atoms with Crippen molar-refractivity contribution in [3.63, 3.8) is 0 Å². The van der Waals surface area contributed by atoms with E-state index in [9.17, 15) is 10.2 Å². The first-order chi connectivity index (χ1) is 14.4. The minimum Gasteiger partial charge on any atom is -0.493 e. The first-order valence-corrected chi connectivity index (χ1v) is 10.5. The molecule has 0 heterocycles. The Kier molecular flexibility index (Phi) is 10.1. The largest absolute Gasteiger partial charge is 0.493 e. The van der Waals surface area contributed by atoms with Crippen LogP contribution in [0.3, 0.4) is 0 Å². The fourth-order valence-corrected chi connectivity index (χ4v) is 3.17. The van der Waals surface area contributed by atoms with Gasteiger partial charge in [0.05, 0.1) is 13.7 Å². The van der Waals surface area contributed by atoms with E-state index in [1.807, 2.05) is 43.4 Å². The Balaban J connectivity index is 2.04. The van der Waals surface area contributed by atoms with Crippen LogP contribution in [0.2, 0.25) is 0 Å². The molecule has 2 N–H and O–H groups in total. The lowest BCUT2D eigenvalue weighted by atomic mass is 10.1. The lowest BCUT2D eigenvalue weighted by Crippen LogP contribution is -2.37. The van der Waals surface area contributed by atoms with E-state index in [0.717, 1.165) is 12.1 Å². The molecule has 1 atom stereocenters. The third-order valence-corrected chi connectivity index (χ3v) is 5.11. The monoisotopic (exact) mass is 416 g/mol. The van der Waals surface area contributed by atoms with Crippen LogP contribution in [0.1, 0.15) is 25.0 Å². The number of likely N-dealkylation sites (N-methyl/N-ethyl adjacent to an activating group) is 1. The molecule has 2 rings (SSSR count). The lowest BCUT2D eigenvalue weighted by molar-refractivity contribution is 0.0667. The number of methoxy groups -OCH3 is 1. The average Bonchev–Trinajstić information content (AvgIpc) is 2.73. The SMILES string of the molecule is COc1ccc(CN(CCO)Cc2ccccc2)cc1OCC(O)CN(C)C(C)C. The number of nitrogens with zero attached hydrogens (tertiary/aromatic N) is 2. The highest BCUT2D eigenvalue weighted by molar-refractivity contribution is 5.43. The second-order valence-electron chi connectivity index (χ2n) is 7.90. The van der Waals surface area contributed by atoms with Crippen molar-refractivity contribution in [2.75, 3.05) is 40.5 Å². The van der Waals surface area contributed by atoms with Crippen molar-refractivity contribution in [2.24, 2.45) is 0 Å². The fourth-order valence-electron chi connectivity index (χ4n) is 3.17. The zero-order valence-electron chi connectivity index (χ0n) is 18.6. The van der Waals surface area contributed by atoms with E-state index in [4.69, 9.17) is 9.47 Å². The molecule has 0 saturated carbocycles. The lowest BCUT2D eigenvalue weighted by Gasteiger charge is -2.25.